The molecule has 3 rings (SSSR count). The lowest BCUT2D eigenvalue weighted by Gasteiger charge is -2.15. The van der Waals surface area contributed by atoms with E-state index in [-0.39, 0.29) is 11.1 Å². The lowest BCUT2D eigenvalue weighted by Crippen LogP contribution is -2.34. The van der Waals surface area contributed by atoms with Crippen molar-refractivity contribution in [2.45, 2.75) is 5.37 Å². The molecular weight excluding hydrogens is 380 g/mol. The average molecular weight is 393 g/mol. The Morgan fingerprint density at radius 2 is 1.74 bits per heavy atom. The molecule has 1 atom stereocenters. The third-order valence-corrected chi connectivity index (χ3v) is 4.79. The van der Waals surface area contributed by atoms with E-state index in [4.69, 9.17) is 4.74 Å². The van der Waals surface area contributed by atoms with Crippen LogP contribution in [0.15, 0.2) is 53.0 Å². The Morgan fingerprint density at radius 1 is 1.09 bits per heavy atom. The third kappa shape index (κ3) is 3.35. The molecule has 23 heavy (non-hydrogen) atoms. The quantitative estimate of drug-likeness (QED) is 0.848. The highest BCUT2D eigenvalue weighted by Crippen LogP contribution is 2.33. The highest BCUT2D eigenvalue weighted by Gasteiger charge is 2.40. The molecule has 0 unspecified atom stereocenters. The number of imide groups is 1. The Balaban J connectivity index is 1.76. The fourth-order valence-electron chi connectivity index (χ4n) is 2.16. The molecular formula is C16H13BrN2O3S. The fraction of sp³-hybridized carbons (Fsp3) is 0.125. The summed E-state index contributed by atoms with van der Waals surface area (Å²) in [6.07, 6.45) is 0. The maximum absolute atomic E-state index is 12.5. The maximum Gasteiger partial charge on any atom is 0.295 e. The summed E-state index contributed by atoms with van der Waals surface area (Å²) in [5.74, 6) is 0.451. The number of halogens is 1. The third-order valence-electron chi connectivity index (χ3n) is 3.32. The van der Waals surface area contributed by atoms with E-state index in [0.29, 0.717) is 5.69 Å². The van der Waals surface area contributed by atoms with Crippen molar-refractivity contribution in [3.63, 3.8) is 0 Å². The molecule has 1 heterocycles. The Bertz CT molecular complexity index is 734. The molecule has 0 radical (unpaired) electrons. The number of hydrogen-bond acceptors (Lipinski definition) is 5. The molecule has 0 saturated carbocycles. The molecule has 2 aromatic carbocycles. The normalized spacial score (nSPS) is 17.5. The van der Waals surface area contributed by atoms with E-state index in [0.717, 1.165) is 27.7 Å². The van der Waals surface area contributed by atoms with Gasteiger partial charge >= 0.3 is 0 Å². The van der Waals surface area contributed by atoms with Crippen LogP contribution in [0.1, 0.15) is 0 Å². The first-order valence-electron chi connectivity index (χ1n) is 6.79. The molecule has 1 saturated heterocycles. The lowest BCUT2D eigenvalue weighted by molar-refractivity contribution is -0.116. The van der Waals surface area contributed by atoms with Crippen molar-refractivity contribution in [3.05, 3.63) is 53.0 Å². The highest BCUT2D eigenvalue weighted by atomic mass is 79.9. The van der Waals surface area contributed by atoms with Gasteiger partial charge in [0.05, 0.1) is 12.8 Å². The van der Waals surface area contributed by atoms with Crippen LogP contribution in [0.25, 0.3) is 0 Å². The summed E-state index contributed by atoms with van der Waals surface area (Å²) < 4.78 is 5.99. The van der Waals surface area contributed by atoms with Crippen molar-refractivity contribution in [2.75, 3.05) is 17.3 Å². The first-order valence-corrected chi connectivity index (χ1v) is 8.46. The summed E-state index contributed by atoms with van der Waals surface area (Å²) in [5, 5.41) is 2.14. The number of rotatable bonds is 4. The van der Waals surface area contributed by atoms with Gasteiger partial charge in [0.1, 0.15) is 5.75 Å². The van der Waals surface area contributed by atoms with Gasteiger partial charge < -0.3 is 10.1 Å². The summed E-state index contributed by atoms with van der Waals surface area (Å²) in [6, 6.07) is 14.3. The first-order chi connectivity index (χ1) is 11.1. The van der Waals surface area contributed by atoms with Crippen LogP contribution in [0.3, 0.4) is 0 Å². The van der Waals surface area contributed by atoms with E-state index < -0.39 is 5.37 Å². The summed E-state index contributed by atoms with van der Waals surface area (Å²) in [7, 11) is 1.59. The Labute approximate surface area is 146 Å². The maximum atomic E-state index is 12.5. The number of ether oxygens (including phenoxy) is 1. The van der Waals surface area contributed by atoms with E-state index in [1.54, 1.807) is 55.6 Å². The fourth-order valence-corrected chi connectivity index (χ4v) is 3.33. The molecule has 5 nitrogen and oxygen atoms in total. The zero-order valence-electron chi connectivity index (χ0n) is 12.2. The number of carbonyl (C=O) groups excluding carboxylic acids is 2. The molecule has 1 aliphatic rings. The van der Waals surface area contributed by atoms with Crippen LogP contribution in [0, 0.1) is 0 Å². The van der Waals surface area contributed by atoms with Gasteiger partial charge in [0.2, 0.25) is 0 Å². The van der Waals surface area contributed by atoms with Crippen LogP contribution in [-0.2, 0) is 4.79 Å². The second kappa shape index (κ2) is 6.64. The smallest absolute Gasteiger partial charge is 0.295 e. The second-order valence-corrected chi connectivity index (χ2v) is 6.76. The first kappa shape index (κ1) is 15.9. The Hall–Kier alpha value is -1.99. The van der Waals surface area contributed by atoms with Gasteiger partial charge in [-0.3, -0.25) is 9.59 Å². The van der Waals surface area contributed by atoms with Gasteiger partial charge in [0.25, 0.3) is 11.1 Å². The van der Waals surface area contributed by atoms with Crippen LogP contribution < -0.4 is 15.0 Å². The lowest BCUT2D eigenvalue weighted by atomic mass is 10.3. The zero-order chi connectivity index (χ0) is 16.4. The molecule has 1 N–H and O–H groups in total. The van der Waals surface area contributed by atoms with E-state index in [1.807, 2.05) is 0 Å². The predicted molar refractivity (Wildman–Crippen MR) is 95.0 cm³/mol. The highest BCUT2D eigenvalue weighted by molar-refractivity contribution is 9.10. The minimum absolute atomic E-state index is 0.279. The second-order valence-electron chi connectivity index (χ2n) is 4.79. The molecule has 118 valence electrons. The van der Waals surface area contributed by atoms with Crippen molar-refractivity contribution < 1.29 is 14.3 Å². The van der Waals surface area contributed by atoms with Gasteiger partial charge in [-0.05, 0) is 60.3 Å². The number of anilines is 2. The largest absolute Gasteiger partial charge is 0.497 e. The zero-order valence-corrected chi connectivity index (χ0v) is 14.6. The predicted octanol–water partition coefficient (Wildman–Crippen LogP) is 4.10. The number of nitrogens with zero attached hydrogens (tertiary/aromatic N) is 1. The number of hydrogen-bond donors (Lipinski definition) is 1. The molecule has 7 heteroatoms. The summed E-state index contributed by atoms with van der Waals surface area (Å²) >= 11 is 4.30. The van der Waals surface area contributed by atoms with Gasteiger partial charge in [-0.15, -0.1) is 0 Å². The Morgan fingerprint density at radius 3 is 2.35 bits per heavy atom. The molecule has 0 aromatic heterocycles. The van der Waals surface area contributed by atoms with Crippen LogP contribution in [0.5, 0.6) is 5.75 Å². The van der Waals surface area contributed by atoms with Gasteiger partial charge in [0, 0.05) is 10.2 Å². The van der Waals surface area contributed by atoms with Crippen LogP contribution in [-0.4, -0.2) is 23.6 Å². The van der Waals surface area contributed by atoms with Gasteiger partial charge in [-0.1, -0.05) is 15.9 Å². The molecule has 2 aromatic rings. The molecule has 1 fully saturated rings. The standard InChI is InChI=1S/C16H13BrN2O3S/c1-22-13-8-4-11(5-9-13)18-14-15(20)19(16(21)23-14)12-6-2-10(17)3-7-12/h2-9,14,18H,1H3/t14-/m0/s1. The SMILES string of the molecule is COc1ccc(N[C@H]2SC(=O)N(c3ccc(Br)cc3)C2=O)cc1. The minimum atomic E-state index is -0.639. The average Bonchev–Trinajstić information content (AvgIpc) is 2.83. The van der Waals surface area contributed by atoms with Gasteiger partial charge in [-0.2, -0.15) is 0 Å². The van der Waals surface area contributed by atoms with Gasteiger partial charge in [0.15, 0.2) is 5.37 Å². The van der Waals surface area contributed by atoms with Crippen molar-refractivity contribution in [2.24, 2.45) is 0 Å². The summed E-state index contributed by atoms with van der Waals surface area (Å²) in [5.41, 5.74) is 1.32. The van der Waals surface area contributed by atoms with Crippen molar-refractivity contribution >= 4 is 50.2 Å². The van der Waals surface area contributed by atoms with Crippen molar-refractivity contribution in [1.82, 2.24) is 0 Å². The molecule has 0 bridgehead atoms. The van der Waals surface area contributed by atoms with E-state index in [2.05, 4.69) is 21.2 Å². The minimum Gasteiger partial charge on any atom is -0.497 e. The summed E-state index contributed by atoms with van der Waals surface area (Å²) in [4.78, 5) is 25.9. The van der Waals surface area contributed by atoms with Crippen molar-refractivity contribution in [3.8, 4) is 5.75 Å². The Kier molecular flexibility index (Phi) is 4.58. The molecule has 2 amide bonds. The molecule has 1 aliphatic heterocycles. The molecule has 0 spiro atoms. The number of methoxy groups -OCH3 is 1. The number of thioether (sulfide) groups is 1. The summed E-state index contributed by atoms with van der Waals surface area (Å²) in [6.45, 7) is 0. The van der Waals surface area contributed by atoms with Crippen LogP contribution >= 0.6 is 27.7 Å². The van der Waals surface area contributed by atoms with E-state index >= 15 is 0 Å². The molecule has 0 aliphatic carbocycles. The van der Waals surface area contributed by atoms with Gasteiger partial charge in [-0.25, -0.2) is 4.90 Å². The van der Waals surface area contributed by atoms with Crippen LogP contribution in [0.4, 0.5) is 16.2 Å². The van der Waals surface area contributed by atoms with E-state index in [9.17, 15) is 9.59 Å². The van der Waals surface area contributed by atoms with E-state index in [1.165, 1.54) is 4.90 Å². The number of nitrogens with one attached hydrogen (secondary N) is 1. The monoisotopic (exact) mass is 392 g/mol. The van der Waals surface area contributed by atoms with Crippen molar-refractivity contribution in [1.29, 1.82) is 0 Å². The number of benzene rings is 2. The topological polar surface area (TPSA) is 58.6 Å². The van der Waals surface area contributed by atoms with Crippen LogP contribution in [0.2, 0.25) is 0 Å². The number of carbonyl (C=O) groups is 2. The number of amides is 2.